The summed E-state index contributed by atoms with van der Waals surface area (Å²) in [6, 6.07) is 0. The number of carbonyl (C=O) groups excluding carboxylic acids is 4. The first-order chi connectivity index (χ1) is 43.0. The molecule has 0 fully saturated rings. The van der Waals surface area contributed by atoms with Gasteiger partial charge in [0.25, 0.3) is 0 Å². The van der Waals surface area contributed by atoms with Crippen LogP contribution in [0.2, 0.25) is 0 Å². The molecule has 3 N–H and O–H groups in total. The number of rotatable bonds is 70. The van der Waals surface area contributed by atoms with Crippen LogP contribution in [0.4, 0.5) is 0 Å². The summed E-state index contributed by atoms with van der Waals surface area (Å²) in [5.74, 6) is -1.33. The number of aliphatic hydroxyl groups is 1. The highest BCUT2D eigenvalue weighted by Gasteiger charge is 2.30. The maximum absolute atomic E-state index is 13.0. The van der Waals surface area contributed by atoms with E-state index in [1.165, 1.54) is 180 Å². The van der Waals surface area contributed by atoms with Gasteiger partial charge in [0.2, 0.25) is 0 Å². The molecule has 0 saturated carbocycles. The molecule has 0 saturated heterocycles. The average molecular weight is 1310 g/mol. The fourth-order valence-corrected chi connectivity index (χ4v) is 12.2. The lowest BCUT2D eigenvalue weighted by molar-refractivity contribution is -0.161. The highest BCUT2D eigenvalue weighted by atomic mass is 31.2. The Labute approximate surface area is 543 Å². The van der Waals surface area contributed by atoms with Gasteiger partial charge < -0.3 is 33.8 Å². The Morgan fingerprint density at radius 1 is 0.303 bits per heavy atom. The van der Waals surface area contributed by atoms with Crippen LogP contribution in [0.25, 0.3) is 0 Å². The van der Waals surface area contributed by atoms with E-state index < -0.39 is 97.5 Å². The van der Waals surface area contributed by atoms with Crippen LogP contribution in [-0.2, 0) is 65.4 Å². The van der Waals surface area contributed by atoms with E-state index in [0.717, 1.165) is 102 Å². The van der Waals surface area contributed by atoms with Crippen molar-refractivity contribution in [3.63, 3.8) is 0 Å². The molecule has 0 aromatic carbocycles. The maximum atomic E-state index is 13.0. The Morgan fingerprint density at radius 2 is 0.517 bits per heavy atom. The highest BCUT2D eigenvalue weighted by molar-refractivity contribution is 7.47. The quantitative estimate of drug-likeness (QED) is 0.0222. The fraction of sp³-hybridized carbons (Fsp3) is 0.943. The summed E-state index contributed by atoms with van der Waals surface area (Å²) in [6.45, 7) is 7.23. The van der Waals surface area contributed by atoms with Gasteiger partial charge in [-0.3, -0.25) is 37.3 Å². The summed E-state index contributed by atoms with van der Waals surface area (Å²) in [4.78, 5) is 72.4. The third kappa shape index (κ3) is 64.6. The lowest BCUT2D eigenvalue weighted by atomic mass is 10.0. The Hall–Kier alpha value is -1.94. The van der Waals surface area contributed by atoms with Gasteiger partial charge in [0, 0.05) is 25.7 Å². The predicted molar refractivity (Wildman–Crippen MR) is 358 cm³/mol. The normalized spacial score (nSPS) is 14.1. The number of hydrogen-bond acceptors (Lipinski definition) is 15. The highest BCUT2D eigenvalue weighted by Crippen LogP contribution is 2.45. The minimum absolute atomic E-state index is 0.106. The van der Waals surface area contributed by atoms with Crippen LogP contribution >= 0.6 is 15.6 Å². The van der Waals surface area contributed by atoms with Gasteiger partial charge in [-0.05, 0) is 31.6 Å². The molecule has 0 bridgehead atoms. The zero-order valence-corrected chi connectivity index (χ0v) is 59.4. The topological polar surface area (TPSA) is 237 Å². The van der Waals surface area contributed by atoms with Crippen LogP contribution in [0, 0.1) is 5.92 Å². The van der Waals surface area contributed by atoms with Crippen LogP contribution < -0.4 is 0 Å². The van der Waals surface area contributed by atoms with Crippen LogP contribution in [0.3, 0.4) is 0 Å². The minimum Gasteiger partial charge on any atom is -0.462 e. The molecule has 0 spiro atoms. The third-order valence-electron chi connectivity index (χ3n) is 16.3. The largest absolute Gasteiger partial charge is 0.472 e. The maximum Gasteiger partial charge on any atom is 0.472 e. The molecule has 19 heteroatoms. The molecule has 0 aliphatic heterocycles. The summed E-state index contributed by atoms with van der Waals surface area (Å²) < 4.78 is 68.2. The van der Waals surface area contributed by atoms with Crippen molar-refractivity contribution in [2.24, 2.45) is 5.92 Å². The third-order valence-corrected chi connectivity index (χ3v) is 18.2. The molecular formula is C70H136O17P2. The number of ether oxygens (including phenoxy) is 4. The Balaban J connectivity index is 5.19. The molecule has 528 valence electrons. The number of esters is 4. The standard InChI is InChI=1S/C70H136O17P2/c1-6-9-12-15-18-21-22-23-24-28-31-35-39-44-49-54-68(73)81-60-66(87-70(75)56-51-46-41-36-32-29-26-25-27-30-34-37-42-47-52-63(4)5)62-85-89(78,79)83-58-64(71)57-82-88(76,77)84-61-65(59-80-67(72)53-48-43-38-20-17-14-11-8-3)86-69(74)55-50-45-40-33-19-16-13-10-7-2/h63-66,71H,6-62H2,1-5H3,(H,76,77)(H,78,79)/t64-,65+,66+/m0/s1. The van der Waals surface area contributed by atoms with Gasteiger partial charge in [0.1, 0.15) is 19.3 Å². The van der Waals surface area contributed by atoms with Gasteiger partial charge in [-0.2, -0.15) is 0 Å². The second-order valence-electron chi connectivity index (χ2n) is 25.7. The minimum atomic E-state index is -4.95. The number of phosphoric ester groups is 2. The van der Waals surface area contributed by atoms with Gasteiger partial charge in [-0.1, -0.05) is 311 Å². The Bertz CT molecular complexity index is 1720. The van der Waals surface area contributed by atoms with Crippen molar-refractivity contribution in [1.29, 1.82) is 0 Å². The van der Waals surface area contributed by atoms with Gasteiger partial charge in [-0.15, -0.1) is 0 Å². The molecule has 0 heterocycles. The molecular weight excluding hydrogens is 1170 g/mol. The summed E-state index contributed by atoms with van der Waals surface area (Å²) in [7, 11) is -9.89. The number of aliphatic hydroxyl groups excluding tert-OH is 1. The van der Waals surface area contributed by atoms with Crippen molar-refractivity contribution in [1.82, 2.24) is 0 Å². The van der Waals surface area contributed by atoms with Gasteiger partial charge in [0.05, 0.1) is 26.4 Å². The van der Waals surface area contributed by atoms with Crippen molar-refractivity contribution in [3.8, 4) is 0 Å². The van der Waals surface area contributed by atoms with Crippen molar-refractivity contribution >= 4 is 39.5 Å². The molecule has 5 atom stereocenters. The summed E-state index contributed by atoms with van der Waals surface area (Å²) in [5, 5.41) is 10.6. The van der Waals surface area contributed by atoms with Gasteiger partial charge in [0.15, 0.2) is 12.2 Å². The van der Waals surface area contributed by atoms with E-state index in [-0.39, 0.29) is 25.7 Å². The van der Waals surface area contributed by atoms with Crippen LogP contribution in [0.1, 0.15) is 362 Å². The van der Waals surface area contributed by atoms with E-state index in [0.29, 0.717) is 25.7 Å². The van der Waals surface area contributed by atoms with Gasteiger partial charge in [-0.25, -0.2) is 9.13 Å². The second kappa shape index (κ2) is 63.5. The Kier molecular flexibility index (Phi) is 62.1. The molecule has 0 aliphatic rings. The molecule has 0 aromatic rings. The lowest BCUT2D eigenvalue weighted by Crippen LogP contribution is -2.30. The molecule has 17 nitrogen and oxygen atoms in total. The molecule has 0 amide bonds. The van der Waals surface area contributed by atoms with Crippen LogP contribution in [0.15, 0.2) is 0 Å². The number of carbonyl (C=O) groups is 4. The molecule has 89 heavy (non-hydrogen) atoms. The van der Waals surface area contributed by atoms with E-state index in [1.54, 1.807) is 0 Å². The van der Waals surface area contributed by atoms with E-state index in [1.807, 2.05) is 0 Å². The van der Waals surface area contributed by atoms with Crippen molar-refractivity contribution in [3.05, 3.63) is 0 Å². The van der Waals surface area contributed by atoms with Crippen molar-refractivity contribution in [2.45, 2.75) is 380 Å². The lowest BCUT2D eigenvalue weighted by Gasteiger charge is -2.21. The van der Waals surface area contributed by atoms with E-state index in [2.05, 4.69) is 34.6 Å². The molecule has 0 rings (SSSR count). The summed E-state index contributed by atoms with van der Waals surface area (Å²) in [5.41, 5.74) is 0. The molecule has 0 aromatic heterocycles. The summed E-state index contributed by atoms with van der Waals surface area (Å²) >= 11 is 0. The first-order valence-corrected chi connectivity index (χ1v) is 39.6. The Morgan fingerprint density at radius 3 is 0.764 bits per heavy atom. The first kappa shape index (κ1) is 87.1. The SMILES string of the molecule is CCCCCCCCCCCCCCCCCC(=O)OC[C@H](COP(=O)(O)OC[C@@H](O)COP(=O)(O)OC[C@@H](COC(=O)CCCCCCCCCC)OC(=O)CCCCCCCCCCC)OC(=O)CCCCCCCCCCCCCCCCC(C)C. The van der Waals surface area contributed by atoms with Crippen LogP contribution in [-0.4, -0.2) is 96.7 Å². The first-order valence-electron chi connectivity index (χ1n) is 36.6. The molecule has 2 unspecified atom stereocenters. The van der Waals surface area contributed by atoms with E-state index in [9.17, 15) is 43.2 Å². The molecule has 0 aliphatic carbocycles. The van der Waals surface area contributed by atoms with E-state index in [4.69, 9.17) is 37.0 Å². The number of unbranched alkanes of at least 4 members (excludes halogenated alkanes) is 42. The van der Waals surface area contributed by atoms with Crippen LogP contribution in [0.5, 0.6) is 0 Å². The van der Waals surface area contributed by atoms with Gasteiger partial charge >= 0.3 is 39.5 Å². The average Bonchev–Trinajstić information content (AvgIpc) is 3.64. The zero-order valence-electron chi connectivity index (χ0n) is 57.6. The fourth-order valence-electron chi connectivity index (χ4n) is 10.6. The number of phosphoric acid groups is 2. The van der Waals surface area contributed by atoms with Crippen molar-refractivity contribution in [2.75, 3.05) is 39.6 Å². The predicted octanol–water partition coefficient (Wildman–Crippen LogP) is 20.1. The zero-order chi connectivity index (χ0) is 65.6. The molecule has 0 radical (unpaired) electrons. The van der Waals surface area contributed by atoms with E-state index >= 15 is 0 Å². The second-order valence-corrected chi connectivity index (χ2v) is 28.7. The van der Waals surface area contributed by atoms with Crippen molar-refractivity contribution < 1.29 is 80.2 Å². The smallest absolute Gasteiger partial charge is 0.462 e. The monoisotopic (exact) mass is 1310 g/mol. The summed E-state index contributed by atoms with van der Waals surface area (Å²) in [6.07, 6.45) is 50.0. The number of hydrogen-bond donors (Lipinski definition) is 3.